The summed E-state index contributed by atoms with van der Waals surface area (Å²) in [6.45, 7) is 0. The Morgan fingerprint density at radius 3 is 2.79 bits per heavy atom. The molecule has 0 bridgehead atoms. The van der Waals surface area contributed by atoms with Gasteiger partial charge in [-0.1, -0.05) is 12.1 Å². The molecule has 0 N–H and O–H groups in total. The average molecular weight is 252 g/mol. The van der Waals surface area contributed by atoms with E-state index in [0.29, 0.717) is 12.0 Å². The van der Waals surface area contributed by atoms with E-state index in [1.165, 1.54) is 11.0 Å². The number of aldehydes is 1. The minimum atomic E-state index is 0.320. The largest absolute Gasteiger partial charge is 0.296 e. The number of nitrogens with zero attached hydrogens (tertiary/aromatic N) is 3. The van der Waals surface area contributed by atoms with Crippen LogP contribution in [0.15, 0.2) is 34.9 Å². The number of carbonyl (C=O) groups is 1. The molecule has 0 atom stereocenters. The molecule has 0 radical (unpaired) electrons. The Labute approximate surface area is 88.7 Å². The summed E-state index contributed by atoms with van der Waals surface area (Å²) in [5.74, 6) is 0. The Hall–Kier alpha value is -1.49. The van der Waals surface area contributed by atoms with E-state index in [1.54, 1.807) is 0 Å². The first kappa shape index (κ1) is 9.08. The second-order valence-electron chi connectivity index (χ2n) is 2.63. The molecule has 70 valence electrons. The molecule has 2 rings (SSSR count). The number of halogens is 1. The van der Waals surface area contributed by atoms with Crippen molar-refractivity contribution >= 4 is 22.2 Å². The van der Waals surface area contributed by atoms with Gasteiger partial charge in [-0.05, 0) is 28.1 Å². The van der Waals surface area contributed by atoms with Crippen LogP contribution in [-0.2, 0) is 0 Å². The van der Waals surface area contributed by atoms with Gasteiger partial charge in [0.05, 0.1) is 11.9 Å². The van der Waals surface area contributed by atoms with E-state index >= 15 is 0 Å². The zero-order chi connectivity index (χ0) is 9.97. The van der Waals surface area contributed by atoms with E-state index in [2.05, 4.69) is 26.1 Å². The molecular formula is C9H6BrN3O. The predicted octanol–water partition coefficient (Wildman–Crippen LogP) is 1.84. The number of para-hydroxylation sites is 1. The third kappa shape index (κ3) is 1.58. The highest BCUT2D eigenvalue weighted by Crippen LogP contribution is 2.18. The molecule has 0 saturated heterocycles. The molecule has 1 aromatic heterocycles. The first-order valence-corrected chi connectivity index (χ1v) is 4.73. The molecule has 0 saturated carbocycles. The molecule has 1 heterocycles. The highest BCUT2D eigenvalue weighted by atomic mass is 79.9. The summed E-state index contributed by atoms with van der Waals surface area (Å²) in [6.07, 6.45) is 2.09. The van der Waals surface area contributed by atoms with E-state index in [1.807, 2.05) is 24.3 Å². The van der Waals surface area contributed by atoms with Crippen molar-refractivity contribution in [2.45, 2.75) is 0 Å². The van der Waals surface area contributed by atoms with Crippen molar-refractivity contribution in [3.05, 3.63) is 40.6 Å². The molecule has 14 heavy (non-hydrogen) atoms. The summed E-state index contributed by atoms with van der Waals surface area (Å²) >= 11 is 3.37. The van der Waals surface area contributed by atoms with Crippen LogP contribution in [0, 0.1) is 0 Å². The topological polar surface area (TPSA) is 47.8 Å². The van der Waals surface area contributed by atoms with Crippen LogP contribution in [0.3, 0.4) is 0 Å². The van der Waals surface area contributed by atoms with E-state index in [4.69, 9.17) is 0 Å². The van der Waals surface area contributed by atoms with E-state index in [9.17, 15) is 4.79 Å². The van der Waals surface area contributed by atoms with Crippen LogP contribution in [-0.4, -0.2) is 21.3 Å². The molecule has 0 aliphatic rings. The first-order valence-electron chi connectivity index (χ1n) is 3.93. The molecule has 2 aromatic rings. The van der Waals surface area contributed by atoms with Crippen molar-refractivity contribution in [2.24, 2.45) is 0 Å². The molecule has 0 spiro atoms. The van der Waals surface area contributed by atoms with E-state index < -0.39 is 0 Å². The lowest BCUT2D eigenvalue weighted by molar-refractivity contribution is 0.111. The fraction of sp³-hybridized carbons (Fsp3) is 0. The quantitative estimate of drug-likeness (QED) is 0.766. The van der Waals surface area contributed by atoms with Gasteiger partial charge in [-0.15, -0.1) is 9.90 Å². The standard InChI is InChI=1S/C9H6BrN3O/c10-8-3-1-2-4-9(8)13-11-5-7(6-14)12-13/h1-6H. The van der Waals surface area contributed by atoms with Gasteiger partial charge in [0.1, 0.15) is 5.69 Å². The highest BCUT2D eigenvalue weighted by Gasteiger charge is 2.04. The predicted molar refractivity (Wildman–Crippen MR) is 54.4 cm³/mol. The van der Waals surface area contributed by atoms with Gasteiger partial charge in [0.2, 0.25) is 0 Å². The zero-order valence-corrected chi connectivity index (χ0v) is 8.68. The van der Waals surface area contributed by atoms with Crippen LogP contribution in [0.5, 0.6) is 0 Å². The van der Waals surface area contributed by atoms with Gasteiger partial charge in [0.25, 0.3) is 0 Å². The minimum Gasteiger partial charge on any atom is -0.296 e. The van der Waals surface area contributed by atoms with Gasteiger partial charge in [0.15, 0.2) is 6.29 Å². The monoisotopic (exact) mass is 251 g/mol. The van der Waals surface area contributed by atoms with Crippen LogP contribution < -0.4 is 0 Å². The summed E-state index contributed by atoms with van der Waals surface area (Å²) in [6, 6.07) is 7.53. The van der Waals surface area contributed by atoms with Crippen molar-refractivity contribution in [1.82, 2.24) is 15.0 Å². The summed E-state index contributed by atoms with van der Waals surface area (Å²) in [5.41, 5.74) is 1.13. The zero-order valence-electron chi connectivity index (χ0n) is 7.09. The molecule has 0 unspecified atom stereocenters. The summed E-state index contributed by atoms with van der Waals surface area (Å²) in [7, 11) is 0. The fourth-order valence-corrected chi connectivity index (χ4v) is 1.50. The second kappa shape index (κ2) is 3.71. The normalized spacial score (nSPS) is 10.1. The van der Waals surface area contributed by atoms with Crippen molar-refractivity contribution < 1.29 is 4.79 Å². The molecular weight excluding hydrogens is 246 g/mol. The summed E-state index contributed by atoms with van der Waals surface area (Å²) < 4.78 is 0.882. The maximum atomic E-state index is 10.4. The average Bonchev–Trinajstić information content (AvgIpc) is 2.67. The Balaban J connectivity index is 2.49. The third-order valence-corrected chi connectivity index (χ3v) is 2.37. The van der Waals surface area contributed by atoms with Gasteiger partial charge in [-0.25, -0.2) is 0 Å². The van der Waals surface area contributed by atoms with Crippen molar-refractivity contribution in [3.8, 4) is 5.69 Å². The van der Waals surface area contributed by atoms with Crippen LogP contribution >= 0.6 is 15.9 Å². The molecule has 0 fully saturated rings. The van der Waals surface area contributed by atoms with E-state index in [0.717, 1.165) is 10.2 Å². The Morgan fingerprint density at radius 2 is 2.14 bits per heavy atom. The van der Waals surface area contributed by atoms with Crippen molar-refractivity contribution in [3.63, 3.8) is 0 Å². The Bertz CT molecular complexity index is 467. The fourth-order valence-electron chi connectivity index (χ4n) is 1.06. The molecule has 1 aromatic carbocycles. The van der Waals surface area contributed by atoms with Crippen molar-refractivity contribution in [2.75, 3.05) is 0 Å². The number of hydrogen-bond donors (Lipinski definition) is 0. The number of rotatable bonds is 2. The van der Waals surface area contributed by atoms with Gasteiger partial charge in [-0.2, -0.15) is 5.10 Å². The summed E-state index contributed by atoms with van der Waals surface area (Å²) in [4.78, 5) is 11.8. The number of aromatic nitrogens is 3. The maximum Gasteiger partial charge on any atom is 0.171 e. The van der Waals surface area contributed by atoms with Gasteiger partial charge >= 0.3 is 0 Å². The maximum absolute atomic E-state index is 10.4. The van der Waals surface area contributed by atoms with Gasteiger partial charge < -0.3 is 0 Å². The van der Waals surface area contributed by atoms with Crippen LogP contribution in [0.25, 0.3) is 5.69 Å². The molecule has 5 heteroatoms. The Morgan fingerprint density at radius 1 is 1.36 bits per heavy atom. The van der Waals surface area contributed by atoms with Gasteiger partial charge in [0, 0.05) is 4.47 Å². The molecule has 0 aliphatic carbocycles. The third-order valence-electron chi connectivity index (χ3n) is 1.70. The lowest BCUT2D eigenvalue weighted by Gasteiger charge is -2.00. The van der Waals surface area contributed by atoms with Gasteiger partial charge in [-0.3, -0.25) is 4.79 Å². The lowest BCUT2D eigenvalue weighted by Crippen LogP contribution is -1.99. The Kier molecular flexibility index (Phi) is 2.41. The molecule has 0 amide bonds. The highest BCUT2D eigenvalue weighted by molar-refractivity contribution is 9.10. The minimum absolute atomic E-state index is 0.320. The molecule has 4 nitrogen and oxygen atoms in total. The lowest BCUT2D eigenvalue weighted by atomic mass is 10.3. The number of benzene rings is 1. The SMILES string of the molecule is O=Cc1cnn(-c2ccccc2Br)n1. The molecule has 0 aliphatic heterocycles. The number of hydrogen-bond acceptors (Lipinski definition) is 3. The van der Waals surface area contributed by atoms with Crippen LogP contribution in [0.2, 0.25) is 0 Å². The second-order valence-corrected chi connectivity index (χ2v) is 3.48. The van der Waals surface area contributed by atoms with Crippen LogP contribution in [0.4, 0.5) is 0 Å². The number of carbonyl (C=O) groups excluding carboxylic acids is 1. The summed E-state index contributed by atoms with van der Waals surface area (Å²) in [5, 5.41) is 7.93. The van der Waals surface area contributed by atoms with Crippen LogP contribution in [0.1, 0.15) is 10.5 Å². The smallest absolute Gasteiger partial charge is 0.171 e. The van der Waals surface area contributed by atoms with E-state index in [-0.39, 0.29) is 0 Å². The van der Waals surface area contributed by atoms with Crippen molar-refractivity contribution in [1.29, 1.82) is 0 Å². The first-order chi connectivity index (χ1) is 6.81.